The number of methoxy groups -OCH3 is 1. The first-order valence-corrected chi connectivity index (χ1v) is 6.90. The molecular weight excluding hydrogens is 252 g/mol. The zero-order valence-corrected chi connectivity index (χ0v) is 12.6. The predicted molar refractivity (Wildman–Crippen MR) is 78.9 cm³/mol. The first-order valence-electron chi connectivity index (χ1n) is 6.90. The van der Waals surface area contributed by atoms with Crippen molar-refractivity contribution < 1.29 is 9.84 Å². The topological polar surface area (TPSA) is 47.3 Å². The number of rotatable bonds is 5. The van der Waals surface area contributed by atoms with Crippen molar-refractivity contribution >= 4 is 0 Å². The fourth-order valence-electron chi connectivity index (χ4n) is 2.47. The first-order chi connectivity index (χ1) is 9.50. The van der Waals surface area contributed by atoms with Crippen molar-refractivity contribution in [1.82, 2.24) is 9.78 Å². The smallest absolute Gasteiger partial charge is 0.163 e. The van der Waals surface area contributed by atoms with Crippen LogP contribution >= 0.6 is 0 Å². The quantitative estimate of drug-likeness (QED) is 0.912. The fourth-order valence-corrected chi connectivity index (χ4v) is 2.47. The maximum absolute atomic E-state index is 11.0. The Kier molecular flexibility index (Phi) is 4.14. The molecule has 1 aromatic carbocycles. The van der Waals surface area contributed by atoms with Gasteiger partial charge in [0.1, 0.15) is 11.3 Å². The van der Waals surface area contributed by atoms with Gasteiger partial charge in [0, 0.05) is 6.54 Å². The van der Waals surface area contributed by atoms with Crippen molar-refractivity contribution in [2.75, 3.05) is 7.11 Å². The second-order valence-electron chi connectivity index (χ2n) is 5.23. The summed E-state index contributed by atoms with van der Waals surface area (Å²) in [7, 11) is 1.60. The van der Waals surface area contributed by atoms with Crippen molar-refractivity contribution in [2.45, 2.75) is 39.3 Å². The maximum atomic E-state index is 11.0. The van der Waals surface area contributed by atoms with Gasteiger partial charge in [-0.25, -0.2) is 0 Å². The van der Waals surface area contributed by atoms with Crippen LogP contribution in [0.15, 0.2) is 30.5 Å². The summed E-state index contributed by atoms with van der Waals surface area (Å²) in [5.41, 5.74) is 1.52. The second kappa shape index (κ2) is 5.67. The van der Waals surface area contributed by atoms with E-state index in [0.29, 0.717) is 11.4 Å². The molecule has 4 nitrogen and oxygen atoms in total. The highest BCUT2D eigenvalue weighted by atomic mass is 16.5. The Hall–Kier alpha value is -1.81. The number of benzene rings is 1. The molecule has 0 fully saturated rings. The first kappa shape index (κ1) is 14.6. The average Bonchev–Trinajstić information content (AvgIpc) is 2.83. The normalized spacial score (nSPS) is 14.1. The number of aromatic nitrogens is 2. The van der Waals surface area contributed by atoms with Gasteiger partial charge in [-0.05, 0) is 25.8 Å². The van der Waals surface area contributed by atoms with Crippen LogP contribution in [0.5, 0.6) is 5.75 Å². The summed E-state index contributed by atoms with van der Waals surface area (Å²) < 4.78 is 7.19. The Balaban J connectivity index is 2.55. The Morgan fingerprint density at radius 3 is 2.75 bits per heavy atom. The standard InChI is InChI=1S/C16H22N2O2/c1-5-9-18-15(14(20-4)11-17-18)16(3,19)13-8-6-7-12(2)10-13/h6-8,10-11,19H,5,9H2,1-4H3. The number of nitrogens with zero attached hydrogens (tertiary/aromatic N) is 2. The minimum absolute atomic E-state index is 0.616. The third-order valence-corrected chi connectivity index (χ3v) is 3.50. The molecule has 1 unspecified atom stereocenters. The molecule has 1 aromatic heterocycles. The van der Waals surface area contributed by atoms with Crippen LogP contribution in [0.25, 0.3) is 0 Å². The molecule has 0 aliphatic heterocycles. The van der Waals surface area contributed by atoms with E-state index in [0.717, 1.165) is 24.1 Å². The zero-order chi connectivity index (χ0) is 14.8. The average molecular weight is 274 g/mol. The van der Waals surface area contributed by atoms with Crippen molar-refractivity contribution in [2.24, 2.45) is 0 Å². The summed E-state index contributed by atoms with van der Waals surface area (Å²) in [5, 5.41) is 15.4. The molecular formula is C16H22N2O2. The molecule has 1 atom stereocenters. The number of aryl methyl sites for hydroxylation is 2. The van der Waals surface area contributed by atoms with Gasteiger partial charge < -0.3 is 9.84 Å². The molecule has 20 heavy (non-hydrogen) atoms. The minimum Gasteiger partial charge on any atom is -0.493 e. The molecule has 1 heterocycles. The van der Waals surface area contributed by atoms with Crippen molar-refractivity contribution in [1.29, 1.82) is 0 Å². The summed E-state index contributed by atoms with van der Waals surface area (Å²) in [6, 6.07) is 7.88. The van der Waals surface area contributed by atoms with Gasteiger partial charge in [-0.1, -0.05) is 36.8 Å². The molecule has 0 bridgehead atoms. The van der Waals surface area contributed by atoms with Crippen LogP contribution in [0.1, 0.15) is 37.1 Å². The van der Waals surface area contributed by atoms with Crippen LogP contribution < -0.4 is 4.74 Å². The van der Waals surface area contributed by atoms with E-state index in [1.165, 1.54) is 0 Å². The van der Waals surface area contributed by atoms with Crippen molar-refractivity contribution in [3.63, 3.8) is 0 Å². The van der Waals surface area contributed by atoms with Gasteiger partial charge in [-0.2, -0.15) is 5.10 Å². The second-order valence-corrected chi connectivity index (χ2v) is 5.23. The molecule has 1 N–H and O–H groups in total. The maximum Gasteiger partial charge on any atom is 0.163 e. The molecule has 0 spiro atoms. The third kappa shape index (κ3) is 2.56. The predicted octanol–water partition coefficient (Wildman–Crippen LogP) is 2.87. The zero-order valence-electron chi connectivity index (χ0n) is 12.6. The van der Waals surface area contributed by atoms with E-state index < -0.39 is 5.60 Å². The van der Waals surface area contributed by atoms with E-state index in [4.69, 9.17) is 4.74 Å². The van der Waals surface area contributed by atoms with Crippen LogP contribution in [0, 0.1) is 6.92 Å². The summed E-state index contributed by atoms with van der Waals surface area (Å²) >= 11 is 0. The third-order valence-electron chi connectivity index (χ3n) is 3.50. The van der Waals surface area contributed by atoms with Crippen LogP contribution in [-0.2, 0) is 12.1 Å². The van der Waals surface area contributed by atoms with Crippen LogP contribution in [0.4, 0.5) is 0 Å². The van der Waals surface area contributed by atoms with E-state index in [2.05, 4.69) is 12.0 Å². The van der Waals surface area contributed by atoms with Gasteiger partial charge in [0.05, 0.1) is 13.3 Å². The SMILES string of the molecule is CCCn1ncc(OC)c1C(C)(O)c1cccc(C)c1. The highest BCUT2D eigenvalue weighted by molar-refractivity contribution is 5.40. The van der Waals surface area contributed by atoms with E-state index in [9.17, 15) is 5.11 Å². The van der Waals surface area contributed by atoms with Gasteiger partial charge in [-0.15, -0.1) is 0 Å². The summed E-state index contributed by atoms with van der Waals surface area (Å²) in [6.07, 6.45) is 2.61. The fraction of sp³-hybridized carbons (Fsp3) is 0.438. The highest BCUT2D eigenvalue weighted by Crippen LogP contribution is 2.35. The lowest BCUT2D eigenvalue weighted by atomic mass is 9.91. The van der Waals surface area contributed by atoms with Gasteiger partial charge >= 0.3 is 0 Å². The lowest BCUT2D eigenvalue weighted by Gasteiger charge is -2.26. The van der Waals surface area contributed by atoms with E-state index in [-0.39, 0.29) is 0 Å². The van der Waals surface area contributed by atoms with Crippen LogP contribution in [0.3, 0.4) is 0 Å². The molecule has 4 heteroatoms. The lowest BCUT2D eigenvalue weighted by Crippen LogP contribution is -2.27. The Morgan fingerprint density at radius 1 is 1.40 bits per heavy atom. The Morgan fingerprint density at radius 2 is 2.15 bits per heavy atom. The summed E-state index contributed by atoms with van der Waals surface area (Å²) in [4.78, 5) is 0. The monoisotopic (exact) mass is 274 g/mol. The number of ether oxygens (including phenoxy) is 1. The molecule has 2 rings (SSSR count). The van der Waals surface area contributed by atoms with Gasteiger partial charge in [0.15, 0.2) is 5.75 Å². The molecule has 0 aliphatic carbocycles. The number of hydrogen-bond donors (Lipinski definition) is 1. The van der Waals surface area contributed by atoms with Crippen LogP contribution in [0.2, 0.25) is 0 Å². The van der Waals surface area contributed by atoms with Gasteiger partial charge in [-0.3, -0.25) is 4.68 Å². The Labute approximate surface area is 120 Å². The number of hydrogen-bond acceptors (Lipinski definition) is 3. The number of aliphatic hydroxyl groups is 1. The molecule has 0 aliphatic rings. The highest BCUT2D eigenvalue weighted by Gasteiger charge is 2.33. The van der Waals surface area contributed by atoms with Crippen molar-refractivity contribution in [3.05, 3.63) is 47.3 Å². The molecule has 0 amide bonds. The van der Waals surface area contributed by atoms with E-state index in [1.54, 1.807) is 20.2 Å². The molecule has 0 saturated carbocycles. The summed E-state index contributed by atoms with van der Waals surface area (Å²) in [5.74, 6) is 0.616. The Bertz CT molecular complexity index is 588. The largest absolute Gasteiger partial charge is 0.493 e. The van der Waals surface area contributed by atoms with Crippen LogP contribution in [-0.4, -0.2) is 22.0 Å². The summed E-state index contributed by atoms with van der Waals surface area (Å²) in [6.45, 7) is 6.63. The molecule has 0 radical (unpaired) electrons. The van der Waals surface area contributed by atoms with E-state index >= 15 is 0 Å². The molecule has 2 aromatic rings. The van der Waals surface area contributed by atoms with Crippen molar-refractivity contribution in [3.8, 4) is 5.75 Å². The molecule has 0 saturated heterocycles. The van der Waals surface area contributed by atoms with E-state index in [1.807, 2.05) is 35.9 Å². The minimum atomic E-state index is -1.14. The molecule has 108 valence electrons. The lowest BCUT2D eigenvalue weighted by molar-refractivity contribution is 0.0881. The van der Waals surface area contributed by atoms with Gasteiger partial charge in [0.2, 0.25) is 0 Å². The van der Waals surface area contributed by atoms with Gasteiger partial charge in [0.25, 0.3) is 0 Å².